The highest BCUT2D eigenvalue weighted by atomic mass is 16.4. The van der Waals surface area contributed by atoms with Crippen molar-refractivity contribution >= 4 is 17.8 Å². The number of amides is 1. The molecule has 6 nitrogen and oxygen atoms in total. The summed E-state index contributed by atoms with van der Waals surface area (Å²) in [6, 6.07) is -1.34. The van der Waals surface area contributed by atoms with Crippen molar-refractivity contribution in [3.05, 3.63) is 12.7 Å². The molecule has 16 heavy (non-hydrogen) atoms. The second-order valence-electron chi connectivity index (χ2n) is 3.98. The third kappa shape index (κ3) is 1.66. The van der Waals surface area contributed by atoms with Gasteiger partial charge in [0.2, 0.25) is 0 Å². The number of aliphatic carboxylic acids is 1. The van der Waals surface area contributed by atoms with E-state index >= 15 is 0 Å². The molecule has 1 rings (SSSR count). The van der Waals surface area contributed by atoms with Crippen molar-refractivity contribution in [1.82, 2.24) is 4.90 Å². The van der Waals surface area contributed by atoms with Gasteiger partial charge in [-0.05, 0) is 13.3 Å². The Hall–Kier alpha value is -1.85. The minimum absolute atomic E-state index is 0.145. The van der Waals surface area contributed by atoms with Crippen LogP contribution >= 0.6 is 0 Å². The molecule has 0 spiro atoms. The molecule has 1 aliphatic heterocycles. The van der Waals surface area contributed by atoms with Gasteiger partial charge in [0.05, 0.1) is 12.0 Å². The number of carbonyl (C=O) groups excluding carboxylic acids is 1. The quantitative estimate of drug-likeness (QED) is 0.688. The summed E-state index contributed by atoms with van der Waals surface area (Å²) in [5.74, 6) is -1.69. The zero-order valence-electron chi connectivity index (χ0n) is 8.84. The SMILES string of the molecule is C=CC[C@]1(C)C(=O)CN(C(=O)O)[C@@H]1C(=O)O. The van der Waals surface area contributed by atoms with Gasteiger partial charge in [-0.3, -0.25) is 9.69 Å². The van der Waals surface area contributed by atoms with Gasteiger partial charge in [0.1, 0.15) is 6.04 Å². The minimum atomic E-state index is -1.39. The molecule has 0 aromatic carbocycles. The summed E-state index contributed by atoms with van der Waals surface area (Å²) in [4.78, 5) is 34.3. The number of likely N-dealkylation sites (tertiary alicyclic amines) is 1. The molecule has 0 saturated carbocycles. The predicted molar refractivity (Wildman–Crippen MR) is 54.1 cm³/mol. The number of carboxylic acid groups (broad SMARTS) is 2. The molecule has 1 amide bonds. The Labute approximate surface area is 92.2 Å². The van der Waals surface area contributed by atoms with Crippen LogP contribution in [-0.4, -0.2) is 45.5 Å². The van der Waals surface area contributed by atoms with E-state index in [-0.39, 0.29) is 18.7 Å². The van der Waals surface area contributed by atoms with E-state index in [1.165, 1.54) is 13.0 Å². The number of ketones is 1. The standard InChI is InChI=1S/C10H13NO5/c1-3-4-10(2)6(12)5-11(9(15)16)7(10)8(13)14/h3,7H,1,4-5H2,2H3,(H,13,14)(H,15,16)/t7-,10-/m1/s1. The van der Waals surface area contributed by atoms with E-state index in [9.17, 15) is 14.4 Å². The summed E-state index contributed by atoms with van der Waals surface area (Å²) in [6.45, 7) is 4.54. The van der Waals surface area contributed by atoms with E-state index in [1.807, 2.05) is 0 Å². The van der Waals surface area contributed by atoms with Crippen LogP contribution in [-0.2, 0) is 9.59 Å². The van der Waals surface area contributed by atoms with Crippen LogP contribution in [0, 0.1) is 5.41 Å². The summed E-state index contributed by atoms with van der Waals surface area (Å²) in [5, 5.41) is 17.9. The van der Waals surface area contributed by atoms with Crippen molar-refractivity contribution < 1.29 is 24.6 Å². The molecule has 0 bridgehead atoms. The van der Waals surface area contributed by atoms with E-state index in [1.54, 1.807) is 0 Å². The van der Waals surface area contributed by atoms with Crippen LogP contribution in [0.2, 0.25) is 0 Å². The normalized spacial score (nSPS) is 29.2. The first-order valence-electron chi connectivity index (χ1n) is 4.71. The first-order valence-corrected chi connectivity index (χ1v) is 4.71. The third-order valence-corrected chi connectivity index (χ3v) is 2.91. The van der Waals surface area contributed by atoms with E-state index in [4.69, 9.17) is 10.2 Å². The molecular formula is C10H13NO5. The van der Waals surface area contributed by atoms with Crippen LogP contribution in [0.3, 0.4) is 0 Å². The molecule has 6 heteroatoms. The monoisotopic (exact) mass is 227 g/mol. The average molecular weight is 227 g/mol. The second-order valence-corrected chi connectivity index (χ2v) is 3.98. The van der Waals surface area contributed by atoms with Gasteiger partial charge in [-0.15, -0.1) is 6.58 Å². The average Bonchev–Trinajstić information content (AvgIpc) is 2.40. The molecular weight excluding hydrogens is 214 g/mol. The van der Waals surface area contributed by atoms with Gasteiger partial charge < -0.3 is 10.2 Å². The molecule has 0 aliphatic carbocycles. The first-order chi connectivity index (χ1) is 7.34. The van der Waals surface area contributed by atoms with Crippen molar-refractivity contribution in [2.45, 2.75) is 19.4 Å². The summed E-state index contributed by atoms with van der Waals surface area (Å²) in [5.41, 5.74) is -1.22. The molecule has 1 heterocycles. The van der Waals surface area contributed by atoms with Crippen LogP contribution in [0.4, 0.5) is 4.79 Å². The van der Waals surface area contributed by atoms with E-state index in [0.717, 1.165) is 0 Å². The van der Waals surface area contributed by atoms with Gasteiger partial charge in [0, 0.05) is 0 Å². The Balaban J connectivity index is 3.17. The molecule has 1 fully saturated rings. The zero-order chi connectivity index (χ0) is 12.5. The molecule has 0 unspecified atom stereocenters. The minimum Gasteiger partial charge on any atom is -0.480 e. The van der Waals surface area contributed by atoms with Gasteiger partial charge in [0.15, 0.2) is 5.78 Å². The fourth-order valence-corrected chi connectivity index (χ4v) is 2.03. The second kappa shape index (κ2) is 3.96. The number of hydrogen-bond acceptors (Lipinski definition) is 3. The molecule has 88 valence electrons. The molecule has 0 aromatic heterocycles. The van der Waals surface area contributed by atoms with Crippen molar-refractivity contribution in [3.8, 4) is 0 Å². The maximum atomic E-state index is 11.7. The van der Waals surface area contributed by atoms with Crippen molar-refractivity contribution in [2.24, 2.45) is 5.41 Å². The van der Waals surface area contributed by atoms with Crippen LogP contribution in [0.15, 0.2) is 12.7 Å². The van der Waals surface area contributed by atoms with Crippen LogP contribution in [0.5, 0.6) is 0 Å². The van der Waals surface area contributed by atoms with Crippen molar-refractivity contribution in [1.29, 1.82) is 0 Å². The number of Topliss-reactive ketones (excluding diaryl/α,β-unsaturated/α-hetero) is 1. The number of carboxylic acids is 1. The molecule has 2 N–H and O–H groups in total. The van der Waals surface area contributed by atoms with Crippen molar-refractivity contribution in [2.75, 3.05) is 6.54 Å². The van der Waals surface area contributed by atoms with E-state index in [2.05, 4.69) is 6.58 Å². The number of allylic oxidation sites excluding steroid dienone is 1. The van der Waals surface area contributed by atoms with Gasteiger partial charge >= 0.3 is 12.1 Å². The third-order valence-electron chi connectivity index (χ3n) is 2.91. The number of carbonyl (C=O) groups is 3. The number of nitrogens with zero attached hydrogens (tertiary/aromatic N) is 1. The van der Waals surface area contributed by atoms with Crippen LogP contribution < -0.4 is 0 Å². The summed E-state index contributed by atoms with van der Waals surface area (Å²) in [6.07, 6.45) is 0.180. The maximum Gasteiger partial charge on any atom is 0.408 e. The predicted octanol–water partition coefficient (Wildman–Crippen LogP) is 0.585. The first kappa shape index (κ1) is 12.2. The fraction of sp³-hybridized carbons (Fsp3) is 0.500. The summed E-state index contributed by atoms with van der Waals surface area (Å²) < 4.78 is 0. The Kier molecular flexibility index (Phi) is 3.02. The lowest BCUT2D eigenvalue weighted by atomic mass is 9.78. The van der Waals surface area contributed by atoms with Crippen LogP contribution in [0.25, 0.3) is 0 Å². The maximum absolute atomic E-state index is 11.7. The Morgan fingerprint density at radius 1 is 1.62 bits per heavy atom. The van der Waals surface area contributed by atoms with Crippen LogP contribution in [0.1, 0.15) is 13.3 Å². The Bertz CT molecular complexity index is 364. The van der Waals surface area contributed by atoms with E-state index in [0.29, 0.717) is 4.90 Å². The zero-order valence-corrected chi connectivity index (χ0v) is 8.84. The fourth-order valence-electron chi connectivity index (χ4n) is 2.03. The highest BCUT2D eigenvalue weighted by molar-refractivity contribution is 5.99. The Morgan fingerprint density at radius 2 is 2.19 bits per heavy atom. The molecule has 1 aliphatic rings. The Morgan fingerprint density at radius 3 is 2.56 bits per heavy atom. The molecule has 0 radical (unpaired) electrons. The molecule has 1 saturated heterocycles. The summed E-state index contributed by atoms with van der Waals surface area (Å²) in [7, 11) is 0. The van der Waals surface area contributed by atoms with Crippen molar-refractivity contribution in [3.63, 3.8) is 0 Å². The lowest BCUT2D eigenvalue weighted by molar-refractivity contribution is -0.146. The number of rotatable bonds is 3. The molecule has 0 aromatic rings. The highest BCUT2D eigenvalue weighted by Gasteiger charge is 2.55. The lowest BCUT2D eigenvalue weighted by Gasteiger charge is -2.28. The van der Waals surface area contributed by atoms with Gasteiger partial charge in [-0.25, -0.2) is 9.59 Å². The molecule has 2 atom stereocenters. The number of hydrogen-bond donors (Lipinski definition) is 2. The summed E-state index contributed by atoms with van der Waals surface area (Å²) >= 11 is 0. The lowest BCUT2D eigenvalue weighted by Crippen LogP contribution is -2.47. The van der Waals surface area contributed by atoms with E-state index < -0.39 is 23.5 Å². The van der Waals surface area contributed by atoms with Gasteiger partial charge in [-0.1, -0.05) is 6.08 Å². The largest absolute Gasteiger partial charge is 0.480 e. The topological polar surface area (TPSA) is 94.9 Å². The smallest absolute Gasteiger partial charge is 0.408 e. The highest BCUT2D eigenvalue weighted by Crippen LogP contribution is 2.37. The van der Waals surface area contributed by atoms with Gasteiger partial charge in [-0.2, -0.15) is 0 Å². The van der Waals surface area contributed by atoms with Gasteiger partial charge in [0.25, 0.3) is 0 Å².